The van der Waals surface area contributed by atoms with Crippen molar-refractivity contribution in [3.8, 4) is 0 Å². The maximum absolute atomic E-state index is 12.0. The second kappa shape index (κ2) is 7.07. The van der Waals surface area contributed by atoms with Gasteiger partial charge in [-0.15, -0.1) is 0 Å². The van der Waals surface area contributed by atoms with E-state index in [0.717, 1.165) is 5.56 Å². The van der Waals surface area contributed by atoms with Crippen LogP contribution in [0.3, 0.4) is 0 Å². The van der Waals surface area contributed by atoms with Crippen LogP contribution in [0.5, 0.6) is 0 Å². The summed E-state index contributed by atoms with van der Waals surface area (Å²) in [4.78, 5) is 23.9. The first-order chi connectivity index (χ1) is 9.67. The van der Waals surface area contributed by atoms with Crippen LogP contribution in [0.15, 0.2) is 24.3 Å². The smallest absolute Gasteiger partial charge is 0.369 e. The summed E-state index contributed by atoms with van der Waals surface area (Å²) in [5.74, 6) is -1.25. The van der Waals surface area contributed by atoms with E-state index in [1.54, 1.807) is 29.4 Å². The Morgan fingerprint density at radius 2 is 1.81 bits per heavy atom. The monoisotopic (exact) mass is 303 g/mol. The van der Waals surface area contributed by atoms with Crippen LogP contribution in [-0.4, -0.2) is 43.0 Å². The Morgan fingerprint density at radius 1 is 1.24 bits per heavy atom. The summed E-state index contributed by atoms with van der Waals surface area (Å²) in [6.45, 7) is -0.837. The third kappa shape index (κ3) is 6.75. The van der Waals surface area contributed by atoms with Crippen LogP contribution in [0.25, 0.3) is 0 Å². The number of nitrogens with zero attached hydrogens (tertiary/aromatic N) is 1. The maximum atomic E-state index is 12.0. The Balaban J connectivity index is 2.57. The normalized spacial score (nSPS) is 11.5. The fraction of sp³-hybridized carbons (Fsp3) is 0.385. The molecule has 8 heteroatoms. The van der Waals surface area contributed by atoms with Gasteiger partial charge in [0.2, 0.25) is 5.91 Å². The van der Waals surface area contributed by atoms with E-state index in [1.165, 1.54) is 12.1 Å². The van der Waals surface area contributed by atoms with Crippen LogP contribution in [-0.2, 0) is 11.3 Å². The van der Waals surface area contributed by atoms with Crippen LogP contribution in [0.1, 0.15) is 15.9 Å². The van der Waals surface area contributed by atoms with Gasteiger partial charge in [-0.25, -0.2) is 0 Å². The van der Waals surface area contributed by atoms with E-state index in [0.29, 0.717) is 6.54 Å². The molecule has 0 heterocycles. The maximum Gasteiger partial charge on any atom is 0.405 e. The first-order valence-electron chi connectivity index (χ1n) is 6.08. The summed E-state index contributed by atoms with van der Waals surface area (Å²) in [6.07, 6.45) is -4.44. The number of carbonyl (C=O) groups excluding carboxylic acids is 2. The van der Waals surface area contributed by atoms with Gasteiger partial charge in [-0.1, -0.05) is 12.1 Å². The summed E-state index contributed by atoms with van der Waals surface area (Å²) < 4.78 is 36.0. The quantitative estimate of drug-likeness (QED) is 0.820. The van der Waals surface area contributed by atoms with E-state index < -0.39 is 24.5 Å². The predicted octanol–water partition coefficient (Wildman–Crippen LogP) is 0.896. The van der Waals surface area contributed by atoms with Crippen LogP contribution >= 0.6 is 0 Å². The summed E-state index contributed by atoms with van der Waals surface area (Å²) in [5, 5.41) is 1.79. The minimum Gasteiger partial charge on any atom is -0.369 e. The lowest BCUT2D eigenvalue weighted by Gasteiger charge is -2.14. The van der Waals surface area contributed by atoms with Crippen molar-refractivity contribution in [2.75, 3.05) is 20.1 Å². The Morgan fingerprint density at radius 3 is 2.29 bits per heavy atom. The molecule has 0 saturated carbocycles. The molecule has 0 aliphatic rings. The number of carbonyl (C=O) groups is 2. The van der Waals surface area contributed by atoms with E-state index in [-0.39, 0.29) is 12.1 Å². The highest BCUT2D eigenvalue weighted by atomic mass is 19.4. The number of amides is 2. The number of hydrogen-bond acceptors (Lipinski definition) is 3. The number of nitrogens with one attached hydrogen (secondary N) is 1. The van der Waals surface area contributed by atoms with Crippen molar-refractivity contribution in [2.45, 2.75) is 12.7 Å². The molecular formula is C13H16F3N3O2. The molecule has 0 aromatic heterocycles. The average Bonchev–Trinajstić information content (AvgIpc) is 2.35. The largest absolute Gasteiger partial charge is 0.405 e. The van der Waals surface area contributed by atoms with E-state index in [2.05, 4.69) is 0 Å². The minimum atomic E-state index is -4.44. The SMILES string of the molecule is CN(CC(N)=O)Cc1ccc(C(=O)NCC(F)(F)F)cc1. The van der Waals surface area contributed by atoms with Gasteiger partial charge in [-0.3, -0.25) is 14.5 Å². The molecule has 1 aromatic rings. The molecular weight excluding hydrogens is 287 g/mol. The lowest BCUT2D eigenvalue weighted by molar-refractivity contribution is -0.123. The van der Waals surface area contributed by atoms with Gasteiger partial charge in [0.25, 0.3) is 5.91 Å². The summed E-state index contributed by atoms with van der Waals surface area (Å²) in [6, 6.07) is 6.08. The van der Waals surface area contributed by atoms with Gasteiger partial charge in [0, 0.05) is 12.1 Å². The zero-order valence-corrected chi connectivity index (χ0v) is 11.4. The Hall–Kier alpha value is -2.09. The van der Waals surface area contributed by atoms with Gasteiger partial charge in [-0.2, -0.15) is 13.2 Å². The molecule has 3 N–H and O–H groups in total. The molecule has 0 atom stereocenters. The average molecular weight is 303 g/mol. The molecule has 0 aliphatic carbocycles. The van der Waals surface area contributed by atoms with Crippen LogP contribution < -0.4 is 11.1 Å². The van der Waals surface area contributed by atoms with Gasteiger partial charge >= 0.3 is 6.18 Å². The first-order valence-corrected chi connectivity index (χ1v) is 6.08. The highest BCUT2D eigenvalue weighted by Crippen LogP contribution is 2.13. The number of benzene rings is 1. The second-order valence-corrected chi connectivity index (χ2v) is 4.63. The van der Waals surface area contributed by atoms with E-state index in [1.807, 2.05) is 0 Å². The third-order valence-electron chi connectivity index (χ3n) is 2.54. The zero-order chi connectivity index (χ0) is 16.0. The highest BCUT2D eigenvalue weighted by Gasteiger charge is 2.27. The van der Waals surface area contributed by atoms with Crippen molar-refractivity contribution >= 4 is 11.8 Å². The van der Waals surface area contributed by atoms with Gasteiger partial charge in [0.1, 0.15) is 6.54 Å². The molecule has 1 rings (SSSR count). The van der Waals surface area contributed by atoms with Crippen LogP contribution in [0, 0.1) is 0 Å². The molecule has 0 unspecified atom stereocenters. The van der Waals surface area contributed by atoms with E-state index >= 15 is 0 Å². The number of likely N-dealkylation sites (N-methyl/N-ethyl adjacent to an activating group) is 1. The molecule has 0 bridgehead atoms. The van der Waals surface area contributed by atoms with Gasteiger partial charge in [-0.05, 0) is 24.7 Å². The molecule has 1 aromatic carbocycles. The molecule has 5 nitrogen and oxygen atoms in total. The molecule has 116 valence electrons. The standard InChI is InChI=1S/C13H16F3N3O2/c1-19(7-11(17)20)6-9-2-4-10(5-3-9)12(21)18-8-13(14,15)16/h2-5H,6-8H2,1H3,(H2,17,20)(H,18,21). The lowest BCUT2D eigenvalue weighted by atomic mass is 10.1. The molecule has 0 saturated heterocycles. The van der Waals surface area contributed by atoms with Crippen LogP contribution in [0.2, 0.25) is 0 Å². The second-order valence-electron chi connectivity index (χ2n) is 4.63. The minimum absolute atomic E-state index is 0.0911. The summed E-state index contributed by atoms with van der Waals surface area (Å²) >= 11 is 0. The molecule has 21 heavy (non-hydrogen) atoms. The Bertz CT molecular complexity index is 500. The van der Waals surface area contributed by atoms with Crippen molar-refractivity contribution in [2.24, 2.45) is 5.73 Å². The number of primary amides is 1. The first kappa shape index (κ1) is 17.0. The van der Waals surface area contributed by atoms with Crippen molar-refractivity contribution in [3.05, 3.63) is 35.4 Å². The topological polar surface area (TPSA) is 75.4 Å². The lowest BCUT2D eigenvalue weighted by Crippen LogP contribution is -2.33. The number of halogens is 3. The van der Waals surface area contributed by atoms with Crippen LogP contribution in [0.4, 0.5) is 13.2 Å². The molecule has 0 spiro atoms. The van der Waals surface area contributed by atoms with Crippen molar-refractivity contribution in [1.82, 2.24) is 10.2 Å². The van der Waals surface area contributed by atoms with Crippen molar-refractivity contribution < 1.29 is 22.8 Å². The molecule has 0 aliphatic heterocycles. The number of nitrogens with two attached hydrogens (primary N) is 1. The predicted molar refractivity (Wildman–Crippen MR) is 70.4 cm³/mol. The van der Waals surface area contributed by atoms with Crippen molar-refractivity contribution in [1.29, 1.82) is 0 Å². The van der Waals surface area contributed by atoms with Crippen molar-refractivity contribution in [3.63, 3.8) is 0 Å². The summed E-state index contributed by atoms with van der Waals surface area (Å²) in [7, 11) is 1.70. The van der Waals surface area contributed by atoms with E-state index in [4.69, 9.17) is 5.73 Å². The highest BCUT2D eigenvalue weighted by molar-refractivity contribution is 5.94. The zero-order valence-electron chi connectivity index (χ0n) is 11.4. The molecule has 0 fully saturated rings. The van der Waals surface area contributed by atoms with Gasteiger partial charge in [0.05, 0.1) is 6.54 Å². The van der Waals surface area contributed by atoms with Gasteiger partial charge < -0.3 is 11.1 Å². The Kier molecular flexibility index (Phi) is 5.71. The number of hydrogen-bond donors (Lipinski definition) is 2. The Labute approximate surface area is 119 Å². The summed E-state index contributed by atoms with van der Waals surface area (Å²) in [5.41, 5.74) is 6.00. The molecule has 0 radical (unpaired) electrons. The number of alkyl halides is 3. The fourth-order valence-electron chi connectivity index (χ4n) is 1.68. The fourth-order valence-corrected chi connectivity index (χ4v) is 1.68. The van der Waals surface area contributed by atoms with Gasteiger partial charge in [0.15, 0.2) is 0 Å². The van der Waals surface area contributed by atoms with E-state index in [9.17, 15) is 22.8 Å². The third-order valence-corrected chi connectivity index (χ3v) is 2.54. The molecule has 2 amide bonds. The number of rotatable bonds is 6.